The third kappa shape index (κ3) is 3.39. The van der Waals surface area contributed by atoms with E-state index in [2.05, 4.69) is 38.0 Å². The SMILES string of the molecule is CCc1nc(-c2ccncc2C)sc1CNC(C)C. The monoisotopic (exact) mass is 275 g/mol. The Bertz CT molecular complexity index is 546. The molecule has 0 spiro atoms. The Morgan fingerprint density at radius 1 is 1.37 bits per heavy atom. The predicted octanol–water partition coefficient (Wildman–Crippen LogP) is 3.57. The van der Waals surface area contributed by atoms with Crippen LogP contribution < -0.4 is 5.32 Å². The summed E-state index contributed by atoms with van der Waals surface area (Å²) in [6, 6.07) is 2.55. The van der Waals surface area contributed by atoms with Crippen molar-refractivity contribution in [3.8, 4) is 10.6 Å². The van der Waals surface area contributed by atoms with Crippen LogP contribution in [0.3, 0.4) is 0 Å². The molecule has 0 radical (unpaired) electrons. The van der Waals surface area contributed by atoms with Crippen molar-refractivity contribution in [1.29, 1.82) is 0 Å². The maximum Gasteiger partial charge on any atom is 0.124 e. The highest BCUT2D eigenvalue weighted by molar-refractivity contribution is 7.15. The molecule has 0 aliphatic carbocycles. The lowest BCUT2D eigenvalue weighted by Gasteiger charge is -2.06. The van der Waals surface area contributed by atoms with Gasteiger partial charge in [-0.25, -0.2) is 4.98 Å². The Balaban J connectivity index is 2.31. The molecule has 0 bridgehead atoms. The largest absolute Gasteiger partial charge is 0.310 e. The first kappa shape index (κ1) is 14.2. The number of rotatable bonds is 5. The fraction of sp³-hybridized carbons (Fsp3) is 0.467. The normalized spacial score (nSPS) is 11.2. The van der Waals surface area contributed by atoms with Crippen LogP contribution in [0.4, 0.5) is 0 Å². The second kappa shape index (κ2) is 6.26. The average molecular weight is 275 g/mol. The Kier molecular flexibility index (Phi) is 4.66. The van der Waals surface area contributed by atoms with Gasteiger partial charge in [0.1, 0.15) is 5.01 Å². The summed E-state index contributed by atoms with van der Waals surface area (Å²) in [5.41, 5.74) is 3.59. The van der Waals surface area contributed by atoms with Gasteiger partial charge in [-0.15, -0.1) is 11.3 Å². The van der Waals surface area contributed by atoms with Crippen LogP contribution in [0.1, 0.15) is 36.9 Å². The molecule has 4 heteroatoms. The zero-order chi connectivity index (χ0) is 13.8. The first-order chi connectivity index (χ1) is 9.11. The Morgan fingerprint density at radius 2 is 2.16 bits per heavy atom. The average Bonchev–Trinajstić information content (AvgIpc) is 2.80. The summed E-state index contributed by atoms with van der Waals surface area (Å²) >= 11 is 1.79. The van der Waals surface area contributed by atoms with E-state index in [1.807, 2.05) is 18.5 Å². The van der Waals surface area contributed by atoms with E-state index < -0.39 is 0 Å². The van der Waals surface area contributed by atoms with Gasteiger partial charge >= 0.3 is 0 Å². The minimum atomic E-state index is 0.498. The van der Waals surface area contributed by atoms with Crippen molar-refractivity contribution in [2.75, 3.05) is 0 Å². The molecule has 0 aromatic carbocycles. The molecule has 19 heavy (non-hydrogen) atoms. The molecule has 0 unspecified atom stereocenters. The summed E-state index contributed by atoms with van der Waals surface area (Å²) in [7, 11) is 0. The minimum absolute atomic E-state index is 0.498. The van der Waals surface area contributed by atoms with Gasteiger partial charge in [0.25, 0.3) is 0 Å². The van der Waals surface area contributed by atoms with Gasteiger partial charge < -0.3 is 5.32 Å². The molecular formula is C15H21N3S. The van der Waals surface area contributed by atoms with E-state index in [4.69, 9.17) is 4.98 Å². The topological polar surface area (TPSA) is 37.8 Å². The van der Waals surface area contributed by atoms with Crippen LogP contribution in [0, 0.1) is 6.92 Å². The van der Waals surface area contributed by atoms with E-state index in [9.17, 15) is 0 Å². The Hall–Kier alpha value is -1.26. The molecule has 0 atom stereocenters. The molecule has 2 rings (SSSR count). The van der Waals surface area contributed by atoms with Crippen molar-refractivity contribution in [3.05, 3.63) is 34.6 Å². The van der Waals surface area contributed by atoms with Crippen molar-refractivity contribution in [3.63, 3.8) is 0 Å². The van der Waals surface area contributed by atoms with Crippen LogP contribution in [0.25, 0.3) is 10.6 Å². The number of hydrogen-bond acceptors (Lipinski definition) is 4. The molecule has 102 valence electrons. The summed E-state index contributed by atoms with van der Waals surface area (Å²) in [6.07, 6.45) is 4.71. The molecule has 0 saturated heterocycles. The minimum Gasteiger partial charge on any atom is -0.310 e. The molecule has 2 aromatic heterocycles. The first-order valence-corrected chi connectivity index (χ1v) is 7.56. The third-order valence-electron chi connectivity index (χ3n) is 3.03. The van der Waals surface area contributed by atoms with Gasteiger partial charge in [0.05, 0.1) is 5.69 Å². The molecule has 0 fully saturated rings. The number of thiazole rings is 1. The van der Waals surface area contributed by atoms with Gasteiger partial charge in [-0.05, 0) is 25.0 Å². The van der Waals surface area contributed by atoms with Crippen LogP contribution in [0.5, 0.6) is 0 Å². The second-order valence-corrected chi connectivity index (χ2v) is 6.05. The van der Waals surface area contributed by atoms with E-state index in [1.54, 1.807) is 11.3 Å². The number of aryl methyl sites for hydroxylation is 2. The molecule has 0 saturated carbocycles. The highest BCUT2D eigenvalue weighted by Crippen LogP contribution is 2.30. The van der Waals surface area contributed by atoms with Crippen LogP contribution in [0.15, 0.2) is 18.5 Å². The summed E-state index contributed by atoms with van der Waals surface area (Å²) < 4.78 is 0. The van der Waals surface area contributed by atoms with E-state index >= 15 is 0 Å². The molecule has 0 aliphatic heterocycles. The summed E-state index contributed by atoms with van der Waals surface area (Å²) in [4.78, 5) is 10.3. The smallest absolute Gasteiger partial charge is 0.124 e. The van der Waals surface area contributed by atoms with Crippen molar-refractivity contribution < 1.29 is 0 Å². The molecule has 1 N–H and O–H groups in total. The lowest BCUT2D eigenvalue weighted by molar-refractivity contribution is 0.590. The lowest BCUT2D eigenvalue weighted by atomic mass is 10.2. The molecule has 3 nitrogen and oxygen atoms in total. The zero-order valence-electron chi connectivity index (χ0n) is 12.0. The van der Waals surface area contributed by atoms with Gasteiger partial charge in [0.2, 0.25) is 0 Å². The fourth-order valence-corrected chi connectivity index (χ4v) is 3.11. The molecule has 0 amide bonds. The van der Waals surface area contributed by atoms with Crippen molar-refractivity contribution in [2.45, 2.75) is 46.7 Å². The summed E-state index contributed by atoms with van der Waals surface area (Å²) in [5, 5.41) is 4.58. The van der Waals surface area contributed by atoms with Crippen molar-refractivity contribution >= 4 is 11.3 Å². The number of hydrogen-bond donors (Lipinski definition) is 1. The summed E-state index contributed by atoms with van der Waals surface area (Å²) in [6.45, 7) is 9.49. The summed E-state index contributed by atoms with van der Waals surface area (Å²) in [5.74, 6) is 0. The molecular weight excluding hydrogens is 254 g/mol. The van der Waals surface area contributed by atoms with E-state index in [1.165, 1.54) is 21.7 Å². The molecule has 2 aromatic rings. The Labute approximate surface area is 119 Å². The van der Waals surface area contributed by atoms with Gasteiger partial charge in [-0.2, -0.15) is 0 Å². The fourth-order valence-electron chi connectivity index (χ4n) is 1.92. The predicted molar refractivity (Wildman–Crippen MR) is 81.4 cm³/mol. The quantitative estimate of drug-likeness (QED) is 0.906. The number of nitrogens with one attached hydrogen (secondary N) is 1. The van der Waals surface area contributed by atoms with Gasteiger partial charge in [0, 0.05) is 35.4 Å². The van der Waals surface area contributed by atoms with E-state index in [0.29, 0.717) is 6.04 Å². The number of aromatic nitrogens is 2. The number of pyridine rings is 1. The van der Waals surface area contributed by atoms with Crippen LogP contribution in [-0.4, -0.2) is 16.0 Å². The maximum absolute atomic E-state index is 4.79. The van der Waals surface area contributed by atoms with Gasteiger partial charge in [0.15, 0.2) is 0 Å². The maximum atomic E-state index is 4.79. The number of nitrogens with zero attached hydrogens (tertiary/aromatic N) is 2. The standard InChI is InChI=1S/C15H21N3S/c1-5-13-14(9-17-10(2)3)19-15(18-13)12-6-7-16-8-11(12)4/h6-8,10,17H,5,9H2,1-4H3. The van der Waals surface area contributed by atoms with E-state index in [0.717, 1.165) is 18.0 Å². The van der Waals surface area contributed by atoms with Crippen LogP contribution in [0.2, 0.25) is 0 Å². The zero-order valence-corrected chi connectivity index (χ0v) is 12.8. The van der Waals surface area contributed by atoms with E-state index in [-0.39, 0.29) is 0 Å². The van der Waals surface area contributed by atoms with Crippen molar-refractivity contribution in [1.82, 2.24) is 15.3 Å². The first-order valence-electron chi connectivity index (χ1n) is 6.74. The second-order valence-electron chi connectivity index (χ2n) is 4.97. The third-order valence-corrected chi connectivity index (χ3v) is 4.17. The molecule has 0 aliphatic rings. The van der Waals surface area contributed by atoms with Crippen LogP contribution >= 0.6 is 11.3 Å². The highest BCUT2D eigenvalue weighted by atomic mass is 32.1. The Morgan fingerprint density at radius 3 is 2.79 bits per heavy atom. The lowest BCUT2D eigenvalue weighted by Crippen LogP contribution is -2.21. The van der Waals surface area contributed by atoms with Crippen LogP contribution in [-0.2, 0) is 13.0 Å². The molecule has 2 heterocycles. The van der Waals surface area contributed by atoms with Crippen molar-refractivity contribution in [2.24, 2.45) is 0 Å². The highest BCUT2D eigenvalue weighted by Gasteiger charge is 2.12. The van der Waals surface area contributed by atoms with Gasteiger partial charge in [-0.1, -0.05) is 20.8 Å². The van der Waals surface area contributed by atoms with Gasteiger partial charge in [-0.3, -0.25) is 4.98 Å².